The van der Waals surface area contributed by atoms with Gasteiger partial charge in [0.1, 0.15) is 5.69 Å². The van der Waals surface area contributed by atoms with E-state index in [0.29, 0.717) is 17.8 Å². The van der Waals surface area contributed by atoms with E-state index in [1.54, 1.807) is 11.8 Å². The Kier molecular flexibility index (Phi) is 3.26. The molecule has 96 valence electrons. The van der Waals surface area contributed by atoms with Gasteiger partial charge in [0.15, 0.2) is 0 Å². The van der Waals surface area contributed by atoms with Crippen molar-refractivity contribution in [2.24, 2.45) is 0 Å². The normalized spacial score (nSPS) is 26.4. The van der Waals surface area contributed by atoms with E-state index in [4.69, 9.17) is 0 Å². The van der Waals surface area contributed by atoms with E-state index in [1.165, 1.54) is 0 Å². The lowest BCUT2D eigenvalue weighted by Crippen LogP contribution is -2.54. The molecule has 2 atom stereocenters. The molecular formula is C13H17N3OS. The van der Waals surface area contributed by atoms with Crippen LogP contribution in [0.25, 0.3) is 0 Å². The molecule has 5 heteroatoms. The molecule has 2 saturated heterocycles. The average Bonchev–Trinajstić information content (AvgIpc) is 2.67. The number of thioether (sulfide) groups is 1. The number of carbonyl (C=O) groups excluding carboxylic acids is 1. The molecule has 2 aliphatic heterocycles. The zero-order valence-electron chi connectivity index (χ0n) is 10.4. The van der Waals surface area contributed by atoms with Crippen LogP contribution in [0.4, 0.5) is 0 Å². The lowest BCUT2D eigenvalue weighted by molar-refractivity contribution is 0.0612. The van der Waals surface area contributed by atoms with Gasteiger partial charge in [0.2, 0.25) is 0 Å². The summed E-state index contributed by atoms with van der Waals surface area (Å²) >= 11 is 1.57. The van der Waals surface area contributed by atoms with Gasteiger partial charge in [-0.15, -0.1) is 11.8 Å². The number of nitrogens with one attached hydrogen (secondary N) is 1. The Morgan fingerprint density at radius 3 is 2.78 bits per heavy atom. The maximum absolute atomic E-state index is 12.6. The van der Waals surface area contributed by atoms with Gasteiger partial charge in [-0.3, -0.25) is 4.79 Å². The van der Waals surface area contributed by atoms with Crippen molar-refractivity contribution < 1.29 is 4.79 Å². The Hall–Kier alpha value is -1.07. The summed E-state index contributed by atoms with van der Waals surface area (Å²) in [5, 5.41) is 4.29. The van der Waals surface area contributed by atoms with E-state index in [-0.39, 0.29) is 5.91 Å². The van der Waals surface area contributed by atoms with Gasteiger partial charge in [-0.2, -0.15) is 0 Å². The zero-order chi connectivity index (χ0) is 12.5. The van der Waals surface area contributed by atoms with E-state index in [9.17, 15) is 4.79 Å². The van der Waals surface area contributed by atoms with Crippen LogP contribution in [0.2, 0.25) is 0 Å². The number of amides is 1. The van der Waals surface area contributed by atoms with Crippen molar-refractivity contribution in [2.45, 2.75) is 30.0 Å². The number of nitrogens with zero attached hydrogens (tertiary/aromatic N) is 2. The molecule has 0 aliphatic carbocycles. The first-order valence-corrected chi connectivity index (χ1v) is 7.56. The maximum Gasteiger partial charge on any atom is 0.273 e. The molecule has 3 heterocycles. The van der Waals surface area contributed by atoms with E-state index < -0.39 is 0 Å². The van der Waals surface area contributed by atoms with Gasteiger partial charge in [0, 0.05) is 25.2 Å². The van der Waals surface area contributed by atoms with Crippen LogP contribution in [0.15, 0.2) is 23.2 Å². The summed E-state index contributed by atoms with van der Waals surface area (Å²) < 4.78 is 0. The number of pyridine rings is 1. The fourth-order valence-corrected chi connectivity index (χ4v) is 3.29. The highest BCUT2D eigenvalue weighted by Gasteiger charge is 2.40. The van der Waals surface area contributed by atoms with Gasteiger partial charge >= 0.3 is 0 Å². The van der Waals surface area contributed by atoms with Gasteiger partial charge in [0.05, 0.1) is 5.03 Å². The molecule has 1 aromatic heterocycles. The molecule has 0 radical (unpaired) electrons. The fourth-order valence-electron chi connectivity index (χ4n) is 2.89. The third kappa shape index (κ3) is 2.01. The molecule has 1 amide bonds. The SMILES string of the molecule is CSc1cccc(C(=O)N2C3CCC2CNC3)n1. The number of aromatic nitrogens is 1. The van der Waals surface area contributed by atoms with Crippen LogP contribution >= 0.6 is 11.8 Å². The molecule has 1 aromatic rings. The van der Waals surface area contributed by atoms with Gasteiger partial charge < -0.3 is 10.2 Å². The summed E-state index contributed by atoms with van der Waals surface area (Å²) in [6.45, 7) is 1.84. The third-order valence-corrected chi connectivity index (χ3v) is 4.41. The Balaban J connectivity index is 1.85. The van der Waals surface area contributed by atoms with Gasteiger partial charge in [-0.1, -0.05) is 6.07 Å². The van der Waals surface area contributed by atoms with Crippen LogP contribution in [0, 0.1) is 0 Å². The number of hydrogen-bond donors (Lipinski definition) is 1. The second-order valence-corrected chi connectivity index (χ2v) is 5.65. The standard InChI is InChI=1S/C13H17N3OS/c1-18-12-4-2-3-11(15-12)13(17)16-9-5-6-10(16)8-14-7-9/h2-4,9-10,14H,5-8H2,1H3. The van der Waals surface area contributed by atoms with Crippen LogP contribution in [0.5, 0.6) is 0 Å². The summed E-state index contributed by atoms with van der Waals surface area (Å²) in [6, 6.07) is 6.39. The van der Waals surface area contributed by atoms with E-state index in [0.717, 1.165) is 31.0 Å². The predicted molar refractivity (Wildman–Crippen MR) is 71.9 cm³/mol. The number of rotatable bonds is 2. The molecule has 3 rings (SSSR count). The van der Waals surface area contributed by atoms with E-state index >= 15 is 0 Å². The molecule has 0 saturated carbocycles. The van der Waals surface area contributed by atoms with Crippen molar-refractivity contribution in [1.29, 1.82) is 0 Å². The molecule has 18 heavy (non-hydrogen) atoms. The quantitative estimate of drug-likeness (QED) is 0.819. The molecule has 2 fully saturated rings. The van der Waals surface area contributed by atoms with Crippen molar-refractivity contribution in [2.75, 3.05) is 19.3 Å². The second kappa shape index (κ2) is 4.90. The predicted octanol–water partition coefficient (Wildman–Crippen LogP) is 1.38. The van der Waals surface area contributed by atoms with Crippen molar-refractivity contribution in [3.63, 3.8) is 0 Å². The molecule has 1 N–H and O–H groups in total. The van der Waals surface area contributed by atoms with Crippen LogP contribution in [0.3, 0.4) is 0 Å². The molecular weight excluding hydrogens is 246 g/mol. The maximum atomic E-state index is 12.6. The largest absolute Gasteiger partial charge is 0.329 e. The highest BCUT2D eigenvalue weighted by Crippen LogP contribution is 2.28. The van der Waals surface area contributed by atoms with Gasteiger partial charge in [-0.05, 0) is 31.2 Å². The van der Waals surface area contributed by atoms with Crippen LogP contribution in [-0.2, 0) is 0 Å². The first kappa shape index (κ1) is 12.0. The van der Waals surface area contributed by atoms with Crippen LogP contribution < -0.4 is 5.32 Å². The van der Waals surface area contributed by atoms with Crippen molar-refractivity contribution in [1.82, 2.24) is 15.2 Å². The molecule has 2 aliphatic rings. The van der Waals surface area contributed by atoms with E-state index in [1.807, 2.05) is 29.4 Å². The minimum atomic E-state index is 0.0971. The minimum Gasteiger partial charge on any atom is -0.329 e. The molecule has 2 bridgehead atoms. The summed E-state index contributed by atoms with van der Waals surface area (Å²) in [6.07, 6.45) is 4.21. The summed E-state index contributed by atoms with van der Waals surface area (Å²) in [5.41, 5.74) is 0.584. The molecule has 4 nitrogen and oxygen atoms in total. The zero-order valence-corrected chi connectivity index (χ0v) is 11.2. The van der Waals surface area contributed by atoms with Gasteiger partial charge in [-0.25, -0.2) is 4.98 Å². The smallest absolute Gasteiger partial charge is 0.273 e. The second-order valence-electron chi connectivity index (χ2n) is 4.82. The first-order chi connectivity index (χ1) is 8.79. The number of hydrogen-bond acceptors (Lipinski definition) is 4. The Morgan fingerprint density at radius 2 is 2.11 bits per heavy atom. The van der Waals surface area contributed by atoms with Crippen molar-refractivity contribution in [3.8, 4) is 0 Å². The number of carbonyl (C=O) groups is 1. The number of fused-ring (bicyclic) bond motifs is 2. The Labute approximate surface area is 111 Å². The van der Waals surface area contributed by atoms with E-state index in [2.05, 4.69) is 10.3 Å². The van der Waals surface area contributed by atoms with Gasteiger partial charge in [0.25, 0.3) is 5.91 Å². The summed E-state index contributed by atoms with van der Waals surface area (Å²) in [4.78, 5) is 19.0. The first-order valence-electron chi connectivity index (χ1n) is 6.34. The van der Waals surface area contributed by atoms with Crippen molar-refractivity contribution in [3.05, 3.63) is 23.9 Å². The topological polar surface area (TPSA) is 45.2 Å². The lowest BCUT2D eigenvalue weighted by Gasteiger charge is -2.35. The Morgan fingerprint density at radius 1 is 1.39 bits per heavy atom. The fraction of sp³-hybridized carbons (Fsp3) is 0.538. The Bertz CT molecular complexity index is 449. The highest BCUT2D eigenvalue weighted by atomic mass is 32.2. The van der Waals surface area contributed by atoms with Crippen molar-refractivity contribution >= 4 is 17.7 Å². The summed E-state index contributed by atoms with van der Waals surface area (Å²) in [7, 11) is 0. The molecule has 0 aromatic carbocycles. The molecule has 2 unspecified atom stereocenters. The third-order valence-electron chi connectivity index (χ3n) is 3.77. The highest BCUT2D eigenvalue weighted by molar-refractivity contribution is 7.98. The monoisotopic (exact) mass is 263 g/mol. The minimum absolute atomic E-state index is 0.0971. The average molecular weight is 263 g/mol. The van der Waals surface area contributed by atoms with Crippen LogP contribution in [-0.4, -0.2) is 47.2 Å². The van der Waals surface area contributed by atoms with Crippen LogP contribution in [0.1, 0.15) is 23.3 Å². The summed E-state index contributed by atoms with van der Waals surface area (Å²) in [5.74, 6) is 0.0971. The lowest BCUT2D eigenvalue weighted by atomic mass is 10.2. The molecule has 0 spiro atoms. The number of piperazine rings is 1.